The first-order valence-electron chi connectivity index (χ1n) is 6.50. The van der Waals surface area contributed by atoms with Gasteiger partial charge in [-0.1, -0.05) is 6.07 Å². The van der Waals surface area contributed by atoms with Crippen LogP contribution in [0.25, 0.3) is 0 Å². The molecule has 1 aromatic carbocycles. The summed E-state index contributed by atoms with van der Waals surface area (Å²) in [5.41, 5.74) is 3.37. The predicted octanol–water partition coefficient (Wildman–Crippen LogP) is 2.57. The molecule has 0 saturated carbocycles. The van der Waals surface area contributed by atoms with Crippen molar-refractivity contribution in [1.29, 1.82) is 0 Å². The normalized spacial score (nSPS) is 10.4. The number of amides is 1. The van der Waals surface area contributed by atoms with Gasteiger partial charge in [0.05, 0.1) is 17.8 Å². The lowest BCUT2D eigenvalue weighted by Gasteiger charge is -2.09. The number of hydrogen-bond donors (Lipinski definition) is 2. The molecule has 0 atom stereocenters. The van der Waals surface area contributed by atoms with Gasteiger partial charge in [0.1, 0.15) is 5.76 Å². The van der Waals surface area contributed by atoms with Crippen molar-refractivity contribution in [3.05, 3.63) is 46.7 Å². The van der Waals surface area contributed by atoms with Crippen LogP contribution >= 0.6 is 0 Å². The number of hydrogen-bond acceptors (Lipinski definition) is 4. The molecule has 0 bridgehead atoms. The number of nitrogens with one attached hydrogen (secondary N) is 2. The first-order chi connectivity index (χ1) is 9.51. The van der Waals surface area contributed by atoms with E-state index in [1.165, 1.54) is 0 Å². The van der Waals surface area contributed by atoms with Crippen molar-refractivity contribution >= 4 is 11.6 Å². The molecule has 0 aliphatic heterocycles. The lowest BCUT2D eigenvalue weighted by atomic mass is 10.1. The molecule has 0 radical (unpaired) electrons. The van der Waals surface area contributed by atoms with E-state index in [0.717, 1.165) is 22.7 Å². The SMILES string of the molecule is CNc1cc(C)ccc1C(=O)NCc1nc(C)c(C)o1. The van der Waals surface area contributed by atoms with E-state index in [0.29, 0.717) is 11.5 Å². The molecule has 1 amide bonds. The first-order valence-corrected chi connectivity index (χ1v) is 6.50. The lowest BCUT2D eigenvalue weighted by Crippen LogP contribution is -2.24. The van der Waals surface area contributed by atoms with Gasteiger partial charge in [-0.3, -0.25) is 4.79 Å². The monoisotopic (exact) mass is 273 g/mol. The number of carbonyl (C=O) groups excluding carboxylic acids is 1. The van der Waals surface area contributed by atoms with Crippen molar-refractivity contribution in [3.63, 3.8) is 0 Å². The van der Waals surface area contributed by atoms with Crippen LogP contribution in [0.2, 0.25) is 0 Å². The number of anilines is 1. The molecule has 106 valence electrons. The van der Waals surface area contributed by atoms with E-state index < -0.39 is 0 Å². The van der Waals surface area contributed by atoms with E-state index in [-0.39, 0.29) is 12.5 Å². The number of nitrogens with zero attached hydrogens (tertiary/aromatic N) is 1. The average molecular weight is 273 g/mol. The number of rotatable bonds is 4. The van der Waals surface area contributed by atoms with E-state index in [9.17, 15) is 4.79 Å². The Morgan fingerprint density at radius 2 is 2.05 bits per heavy atom. The maximum Gasteiger partial charge on any atom is 0.253 e. The third-order valence-electron chi connectivity index (χ3n) is 3.16. The molecular formula is C15H19N3O2. The van der Waals surface area contributed by atoms with Crippen LogP contribution in [0, 0.1) is 20.8 Å². The Balaban J connectivity index is 2.08. The van der Waals surface area contributed by atoms with Crippen LogP contribution in [0.1, 0.15) is 33.3 Å². The summed E-state index contributed by atoms with van der Waals surface area (Å²) in [6, 6.07) is 5.66. The summed E-state index contributed by atoms with van der Waals surface area (Å²) in [5.74, 6) is 1.15. The predicted molar refractivity (Wildman–Crippen MR) is 77.9 cm³/mol. The van der Waals surface area contributed by atoms with Crippen LogP contribution in [0.4, 0.5) is 5.69 Å². The molecule has 2 N–H and O–H groups in total. The van der Waals surface area contributed by atoms with Gasteiger partial charge in [0, 0.05) is 12.7 Å². The van der Waals surface area contributed by atoms with Crippen LogP contribution in [0.3, 0.4) is 0 Å². The van der Waals surface area contributed by atoms with Gasteiger partial charge in [-0.05, 0) is 38.5 Å². The highest BCUT2D eigenvalue weighted by Crippen LogP contribution is 2.17. The fourth-order valence-electron chi connectivity index (χ4n) is 1.93. The van der Waals surface area contributed by atoms with Gasteiger partial charge in [-0.15, -0.1) is 0 Å². The topological polar surface area (TPSA) is 67.2 Å². The van der Waals surface area contributed by atoms with Crippen molar-refractivity contribution < 1.29 is 9.21 Å². The fraction of sp³-hybridized carbons (Fsp3) is 0.333. The Morgan fingerprint density at radius 1 is 1.30 bits per heavy atom. The van der Waals surface area contributed by atoms with Crippen molar-refractivity contribution in [1.82, 2.24) is 10.3 Å². The maximum absolute atomic E-state index is 12.2. The number of oxazole rings is 1. The minimum Gasteiger partial charge on any atom is -0.444 e. The average Bonchev–Trinajstić information content (AvgIpc) is 2.75. The van der Waals surface area contributed by atoms with Gasteiger partial charge in [0.2, 0.25) is 5.89 Å². The molecule has 2 aromatic rings. The third kappa shape index (κ3) is 2.99. The summed E-state index contributed by atoms with van der Waals surface area (Å²) < 4.78 is 5.43. The summed E-state index contributed by atoms with van der Waals surface area (Å²) in [6.45, 7) is 6.00. The lowest BCUT2D eigenvalue weighted by molar-refractivity contribution is 0.0948. The van der Waals surface area contributed by atoms with Crippen LogP contribution in [-0.4, -0.2) is 17.9 Å². The molecule has 5 heteroatoms. The van der Waals surface area contributed by atoms with E-state index in [1.54, 1.807) is 7.05 Å². The third-order valence-corrected chi connectivity index (χ3v) is 3.16. The molecule has 2 rings (SSSR count). The summed E-state index contributed by atoms with van der Waals surface area (Å²) in [7, 11) is 1.80. The highest BCUT2D eigenvalue weighted by molar-refractivity contribution is 5.99. The molecule has 1 heterocycles. The maximum atomic E-state index is 12.2. The molecule has 0 unspecified atom stereocenters. The van der Waals surface area contributed by atoms with Crippen LogP contribution in [0.15, 0.2) is 22.6 Å². The van der Waals surface area contributed by atoms with Gasteiger partial charge < -0.3 is 15.1 Å². The zero-order valence-corrected chi connectivity index (χ0v) is 12.2. The highest BCUT2D eigenvalue weighted by atomic mass is 16.4. The number of benzene rings is 1. The Labute approximate surface area is 118 Å². The van der Waals surface area contributed by atoms with Crippen LogP contribution in [0.5, 0.6) is 0 Å². The molecule has 20 heavy (non-hydrogen) atoms. The standard InChI is InChI=1S/C15H19N3O2/c1-9-5-6-12(13(7-9)16-4)15(19)17-8-14-18-10(2)11(3)20-14/h5-7,16H,8H2,1-4H3,(H,17,19). The number of carbonyl (C=O) groups is 1. The quantitative estimate of drug-likeness (QED) is 0.898. The van der Waals surface area contributed by atoms with Gasteiger partial charge in [-0.25, -0.2) is 4.98 Å². The molecule has 0 aliphatic rings. The van der Waals surface area contributed by atoms with Crippen LogP contribution in [-0.2, 0) is 6.54 Å². The van der Waals surface area contributed by atoms with Crippen molar-refractivity contribution in [2.24, 2.45) is 0 Å². The van der Waals surface area contributed by atoms with E-state index in [4.69, 9.17) is 4.42 Å². The zero-order chi connectivity index (χ0) is 14.7. The molecule has 1 aromatic heterocycles. The summed E-state index contributed by atoms with van der Waals surface area (Å²) >= 11 is 0. The Bertz CT molecular complexity index is 613. The molecule has 0 saturated heterocycles. The summed E-state index contributed by atoms with van der Waals surface area (Å²) in [4.78, 5) is 16.4. The summed E-state index contributed by atoms with van der Waals surface area (Å²) in [5, 5.41) is 5.84. The van der Waals surface area contributed by atoms with Gasteiger partial charge in [-0.2, -0.15) is 0 Å². The summed E-state index contributed by atoms with van der Waals surface area (Å²) in [6.07, 6.45) is 0. The van der Waals surface area contributed by atoms with Crippen molar-refractivity contribution in [2.45, 2.75) is 27.3 Å². The second-order valence-corrected chi connectivity index (χ2v) is 4.73. The minimum absolute atomic E-state index is 0.150. The fourth-order valence-corrected chi connectivity index (χ4v) is 1.93. The second-order valence-electron chi connectivity index (χ2n) is 4.73. The molecule has 0 aliphatic carbocycles. The van der Waals surface area contributed by atoms with Gasteiger partial charge in [0.25, 0.3) is 5.91 Å². The molecule has 0 spiro atoms. The van der Waals surface area contributed by atoms with Gasteiger partial charge >= 0.3 is 0 Å². The Kier molecular flexibility index (Phi) is 4.08. The molecular weight excluding hydrogens is 254 g/mol. The van der Waals surface area contributed by atoms with E-state index in [1.807, 2.05) is 39.0 Å². The molecule has 0 fully saturated rings. The van der Waals surface area contributed by atoms with Crippen molar-refractivity contribution in [3.8, 4) is 0 Å². The van der Waals surface area contributed by atoms with E-state index >= 15 is 0 Å². The van der Waals surface area contributed by atoms with E-state index in [2.05, 4.69) is 15.6 Å². The first kappa shape index (κ1) is 14.1. The smallest absolute Gasteiger partial charge is 0.253 e. The minimum atomic E-state index is -0.150. The second kappa shape index (κ2) is 5.77. The largest absolute Gasteiger partial charge is 0.444 e. The van der Waals surface area contributed by atoms with Crippen LogP contribution < -0.4 is 10.6 Å². The highest BCUT2D eigenvalue weighted by Gasteiger charge is 2.12. The zero-order valence-electron chi connectivity index (χ0n) is 12.2. The van der Waals surface area contributed by atoms with Crippen molar-refractivity contribution in [2.75, 3.05) is 12.4 Å². The Morgan fingerprint density at radius 3 is 2.65 bits per heavy atom. The Hall–Kier alpha value is -2.30. The number of aromatic nitrogens is 1. The van der Waals surface area contributed by atoms with Gasteiger partial charge in [0.15, 0.2) is 0 Å². The molecule has 5 nitrogen and oxygen atoms in total. The number of aryl methyl sites for hydroxylation is 3.